The number of hydrogen-bond acceptors (Lipinski definition) is 2. The van der Waals surface area contributed by atoms with Crippen molar-refractivity contribution >= 4 is 17.6 Å². The van der Waals surface area contributed by atoms with Crippen LogP contribution >= 0.6 is 11.6 Å². The van der Waals surface area contributed by atoms with Crippen LogP contribution in [0, 0.1) is 6.92 Å². The molecule has 76 valence electrons. The number of nitrogens with one attached hydrogen (secondary N) is 2. The lowest BCUT2D eigenvalue weighted by molar-refractivity contribution is 0.161. The van der Waals surface area contributed by atoms with Gasteiger partial charge in [0.15, 0.2) is 0 Å². The minimum Gasteiger partial charge on any atom is -0.332 e. The van der Waals surface area contributed by atoms with Crippen molar-refractivity contribution in [1.82, 2.24) is 10.8 Å². The second-order valence-corrected chi connectivity index (χ2v) is 3.29. The molecule has 0 aliphatic heterocycles. The fourth-order valence-corrected chi connectivity index (χ4v) is 1.16. The second kappa shape index (κ2) is 4.83. The lowest BCUT2D eigenvalue weighted by atomic mass is 10.1. The molecule has 0 saturated carbocycles. The molecule has 0 heterocycles. The molecule has 4 nitrogen and oxygen atoms in total. The molecular weight excluding hydrogens is 204 g/mol. The monoisotopic (exact) mass is 214 g/mol. The van der Waals surface area contributed by atoms with E-state index >= 15 is 0 Å². The van der Waals surface area contributed by atoms with Crippen molar-refractivity contribution in [3.8, 4) is 0 Å². The third-order valence-corrected chi connectivity index (χ3v) is 2.20. The average Bonchev–Trinajstić information content (AvgIpc) is 2.19. The molecule has 0 aliphatic carbocycles. The number of hydroxylamine groups is 1. The first-order chi connectivity index (χ1) is 6.63. The predicted molar refractivity (Wildman–Crippen MR) is 53.3 cm³/mol. The maximum Gasteiger partial charge on any atom is 0.338 e. The highest BCUT2D eigenvalue weighted by Gasteiger charge is 2.00. The Kier molecular flexibility index (Phi) is 3.73. The van der Waals surface area contributed by atoms with E-state index in [4.69, 9.17) is 16.8 Å². The number of halogens is 1. The number of aryl methyl sites for hydroxylation is 1. The summed E-state index contributed by atoms with van der Waals surface area (Å²) >= 11 is 5.83. The van der Waals surface area contributed by atoms with Crippen molar-refractivity contribution in [2.45, 2.75) is 13.5 Å². The van der Waals surface area contributed by atoms with Crippen molar-refractivity contribution in [2.24, 2.45) is 0 Å². The van der Waals surface area contributed by atoms with Crippen LogP contribution in [0.4, 0.5) is 4.79 Å². The topological polar surface area (TPSA) is 61.4 Å². The van der Waals surface area contributed by atoms with Crippen LogP contribution in [0.1, 0.15) is 11.1 Å². The van der Waals surface area contributed by atoms with Gasteiger partial charge < -0.3 is 5.32 Å². The number of hydrogen-bond donors (Lipinski definition) is 3. The van der Waals surface area contributed by atoms with Gasteiger partial charge >= 0.3 is 6.03 Å². The highest BCUT2D eigenvalue weighted by atomic mass is 35.5. The summed E-state index contributed by atoms with van der Waals surface area (Å²) in [5.74, 6) is 0. The number of benzene rings is 1. The molecule has 2 amide bonds. The lowest BCUT2D eigenvalue weighted by Crippen LogP contribution is -2.32. The van der Waals surface area contributed by atoms with Crippen molar-refractivity contribution in [3.05, 3.63) is 34.3 Å². The van der Waals surface area contributed by atoms with E-state index in [2.05, 4.69) is 5.32 Å². The molecule has 14 heavy (non-hydrogen) atoms. The Morgan fingerprint density at radius 1 is 1.57 bits per heavy atom. The average molecular weight is 215 g/mol. The van der Waals surface area contributed by atoms with Crippen LogP contribution in [0.25, 0.3) is 0 Å². The Labute approximate surface area is 86.8 Å². The maximum atomic E-state index is 10.6. The molecule has 0 saturated heterocycles. The fourth-order valence-electron chi connectivity index (χ4n) is 1.04. The Bertz CT molecular complexity index is 342. The first-order valence-corrected chi connectivity index (χ1v) is 4.44. The summed E-state index contributed by atoms with van der Waals surface area (Å²) in [6.45, 7) is 2.24. The third kappa shape index (κ3) is 2.90. The van der Waals surface area contributed by atoms with Crippen LogP contribution in [0.3, 0.4) is 0 Å². The molecular formula is C9H11ClN2O2. The van der Waals surface area contributed by atoms with Crippen LogP contribution in [-0.2, 0) is 6.54 Å². The van der Waals surface area contributed by atoms with Crippen molar-refractivity contribution in [2.75, 3.05) is 0 Å². The van der Waals surface area contributed by atoms with E-state index in [-0.39, 0.29) is 0 Å². The van der Waals surface area contributed by atoms with Crippen LogP contribution in [0.5, 0.6) is 0 Å². The molecule has 1 aromatic rings. The Hall–Kier alpha value is -1.26. The Morgan fingerprint density at radius 3 is 2.86 bits per heavy atom. The molecule has 0 unspecified atom stereocenters. The van der Waals surface area contributed by atoms with Gasteiger partial charge in [0.1, 0.15) is 0 Å². The van der Waals surface area contributed by atoms with E-state index in [0.717, 1.165) is 11.1 Å². The second-order valence-electron chi connectivity index (χ2n) is 2.88. The van der Waals surface area contributed by atoms with Crippen LogP contribution in [0.2, 0.25) is 5.02 Å². The molecule has 0 bridgehead atoms. The van der Waals surface area contributed by atoms with Crippen molar-refractivity contribution in [3.63, 3.8) is 0 Å². The zero-order valence-corrected chi connectivity index (χ0v) is 8.43. The molecule has 0 aliphatic rings. The largest absolute Gasteiger partial charge is 0.338 e. The summed E-state index contributed by atoms with van der Waals surface area (Å²) in [6, 6.07) is 4.83. The fraction of sp³-hybridized carbons (Fsp3) is 0.222. The summed E-state index contributed by atoms with van der Waals surface area (Å²) in [6.07, 6.45) is 0. The van der Waals surface area contributed by atoms with Gasteiger partial charge in [-0.05, 0) is 24.1 Å². The van der Waals surface area contributed by atoms with Gasteiger partial charge in [0, 0.05) is 11.6 Å². The summed E-state index contributed by atoms with van der Waals surface area (Å²) in [4.78, 5) is 10.6. The van der Waals surface area contributed by atoms with Crippen molar-refractivity contribution in [1.29, 1.82) is 0 Å². The number of carbonyl (C=O) groups excluding carboxylic acids is 1. The number of amides is 2. The van der Waals surface area contributed by atoms with Gasteiger partial charge in [-0.15, -0.1) is 0 Å². The summed E-state index contributed by atoms with van der Waals surface area (Å²) < 4.78 is 0. The van der Waals surface area contributed by atoms with E-state index in [9.17, 15) is 4.79 Å². The SMILES string of the molecule is Cc1cc(CNC(=O)NO)ccc1Cl. The standard InChI is InChI=1S/C9H11ClN2O2/c1-6-4-7(2-3-8(6)10)5-11-9(13)12-14/h2-4,14H,5H2,1H3,(H2,11,12,13). The van der Waals surface area contributed by atoms with Gasteiger partial charge in [0.05, 0.1) is 0 Å². The van der Waals surface area contributed by atoms with Crippen LogP contribution < -0.4 is 10.8 Å². The normalized spacial score (nSPS) is 9.64. The van der Waals surface area contributed by atoms with Gasteiger partial charge in [0.2, 0.25) is 0 Å². The van der Waals surface area contributed by atoms with E-state index in [1.54, 1.807) is 6.07 Å². The van der Waals surface area contributed by atoms with E-state index in [1.165, 1.54) is 5.48 Å². The summed E-state index contributed by atoms with van der Waals surface area (Å²) in [5, 5.41) is 11.4. The highest BCUT2D eigenvalue weighted by Crippen LogP contribution is 2.15. The zero-order valence-electron chi connectivity index (χ0n) is 7.67. The number of urea groups is 1. The molecule has 0 atom stereocenters. The van der Waals surface area contributed by atoms with Gasteiger partial charge in [-0.3, -0.25) is 5.21 Å². The van der Waals surface area contributed by atoms with Crippen LogP contribution in [-0.4, -0.2) is 11.2 Å². The van der Waals surface area contributed by atoms with Crippen molar-refractivity contribution < 1.29 is 10.0 Å². The van der Waals surface area contributed by atoms with Crippen LogP contribution in [0.15, 0.2) is 18.2 Å². The summed E-state index contributed by atoms with van der Waals surface area (Å²) in [7, 11) is 0. The quantitative estimate of drug-likeness (QED) is 0.520. The first kappa shape index (κ1) is 10.8. The van der Waals surface area contributed by atoms with Gasteiger partial charge in [0.25, 0.3) is 0 Å². The minimum atomic E-state index is -0.627. The molecule has 3 N–H and O–H groups in total. The molecule has 0 aromatic heterocycles. The van der Waals surface area contributed by atoms with Gasteiger partial charge in [-0.25, -0.2) is 10.3 Å². The van der Waals surface area contributed by atoms with Gasteiger partial charge in [-0.2, -0.15) is 0 Å². The molecule has 0 fully saturated rings. The van der Waals surface area contributed by atoms with E-state index in [0.29, 0.717) is 11.6 Å². The highest BCUT2D eigenvalue weighted by molar-refractivity contribution is 6.31. The Morgan fingerprint density at radius 2 is 2.29 bits per heavy atom. The number of rotatable bonds is 2. The molecule has 0 spiro atoms. The molecule has 1 aromatic carbocycles. The van der Waals surface area contributed by atoms with E-state index < -0.39 is 6.03 Å². The molecule has 0 radical (unpaired) electrons. The maximum absolute atomic E-state index is 10.6. The number of carbonyl (C=O) groups is 1. The predicted octanol–water partition coefficient (Wildman–Crippen LogP) is 1.84. The Balaban J connectivity index is 2.60. The van der Waals surface area contributed by atoms with E-state index in [1.807, 2.05) is 19.1 Å². The molecule has 5 heteroatoms. The first-order valence-electron chi connectivity index (χ1n) is 4.06. The zero-order chi connectivity index (χ0) is 10.6. The third-order valence-electron chi connectivity index (χ3n) is 1.78. The minimum absolute atomic E-state index is 0.352. The lowest BCUT2D eigenvalue weighted by Gasteiger charge is -2.05. The van der Waals surface area contributed by atoms with Gasteiger partial charge in [-0.1, -0.05) is 23.7 Å². The smallest absolute Gasteiger partial charge is 0.332 e. The summed E-state index contributed by atoms with van der Waals surface area (Å²) in [5.41, 5.74) is 3.37. The molecule has 1 rings (SSSR count).